The molecule has 0 unspecified atom stereocenters. The van der Waals surface area contributed by atoms with Crippen LogP contribution in [0.4, 0.5) is 5.95 Å². The van der Waals surface area contributed by atoms with E-state index in [1.807, 2.05) is 18.2 Å². The molecule has 0 bridgehead atoms. The van der Waals surface area contributed by atoms with E-state index < -0.39 is 0 Å². The Morgan fingerprint density at radius 1 is 1.07 bits per heavy atom. The molecule has 154 valence electrons. The lowest BCUT2D eigenvalue weighted by Crippen LogP contribution is -2.30. The molecule has 2 N–H and O–H groups in total. The molecule has 0 aliphatic carbocycles. The average molecular weight is 398 g/mol. The third-order valence-electron chi connectivity index (χ3n) is 5.13. The molecule has 1 aromatic carbocycles. The number of rotatable bonds is 7. The van der Waals surface area contributed by atoms with Crippen molar-refractivity contribution in [3.8, 4) is 11.5 Å². The molecule has 0 radical (unpaired) electrons. The van der Waals surface area contributed by atoms with E-state index in [2.05, 4.69) is 25.3 Å². The zero-order valence-electron chi connectivity index (χ0n) is 16.8. The summed E-state index contributed by atoms with van der Waals surface area (Å²) >= 11 is 0. The number of likely N-dealkylation sites (tertiary alicyclic amines) is 1. The number of ether oxygens (including phenoxy) is 2. The van der Waals surface area contributed by atoms with Crippen LogP contribution < -0.4 is 20.3 Å². The van der Waals surface area contributed by atoms with Gasteiger partial charge in [0.25, 0.3) is 11.3 Å². The van der Waals surface area contributed by atoms with Gasteiger partial charge in [-0.25, -0.2) is 4.98 Å². The SMILES string of the molecule is COc1ccc(CNc2nc3nc(CN4CCCCC4)cc(=O)n3[nH]2)cc1OC. The van der Waals surface area contributed by atoms with Gasteiger partial charge in [-0.3, -0.25) is 14.8 Å². The molecule has 9 nitrogen and oxygen atoms in total. The molecule has 0 atom stereocenters. The zero-order valence-corrected chi connectivity index (χ0v) is 16.8. The van der Waals surface area contributed by atoms with Crippen LogP contribution in [0, 0.1) is 0 Å². The van der Waals surface area contributed by atoms with E-state index in [4.69, 9.17) is 9.47 Å². The van der Waals surface area contributed by atoms with Crippen LogP contribution in [-0.4, -0.2) is 51.8 Å². The van der Waals surface area contributed by atoms with Gasteiger partial charge in [0.05, 0.1) is 19.9 Å². The van der Waals surface area contributed by atoms with E-state index in [0.717, 1.165) is 24.3 Å². The molecule has 0 amide bonds. The molecule has 4 rings (SSSR count). The number of aromatic nitrogens is 4. The normalized spacial score (nSPS) is 14.8. The summed E-state index contributed by atoms with van der Waals surface area (Å²) in [5, 5.41) is 6.16. The summed E-state index contributed by atoms with van der Waals surface area (Å²) in [6.45, 7) is 3.31. The summed E-state index contributed by atoms with van der Waals surface area (Å²) < 4.78 is 11.9. The van der Waals surface area contributed by atoms with Gasteiger partial charge >= 0.3 is 0 Å². The van der Waals surface area contributed by atoms with Crippen molar-refractivity contribution in [1.82, 2.24) is 24.5 Å². The summed E-state index contributed by atoms with van der Waals surface area (Å²) in [5.41, 5.74) is 1.60. The Balaban J connectivity index is 1.48. The second-order valence-electron chi connectivity index (χ2n) is 7.17. The molecule has 29 heavy (non-hydrogen) atoms. The van der Waals surface area contributed by atoms with E-state index >= 15 is 0 Å². The summed E-state index contributed by atoms with van der Waals surface area (Å²) in [7, 11) is 3.21. The van der Waals surface area contributed by atoms with Gasteiger partial charge in [-0.2, -0.15) is 9.50 Å². The van der Waals surface area contributed by atoms with Crippen molar-refractivity contribution >= 4 is 11.7 Å². The standard InChI is InChI=1S/C20H26N6O3/c1-28-16-7-6-14(10-17(16)29-2)12-21-19-23-20-22-15(11-18(27)26(20)24-19)13-25-8-4-3-5-9-25/h6-7,10-11H,3-5,8-9,12-13H2,1-2H3,(H2,21,22,23,24). The molecule has 0 spiro atoms. The maximum Gasteiger partial charge on any atom is 0.274 e. The van der Waals surface area contributed by atoms with Crippen LogP contribution in [0.2, 0.25) is 0 Å². The van der Waals surface area contributed by atoms with E-state index in [1.165, 1.54) is 23.8 Å². The number of methoxy groups -OCH3 is 2. The fourth-order valence-corrected chi connectivity index (χ4v) is 3.61. The van der Waals surface area contributed by atoms with Crippen LogP contribution in [0.1, 0.15) is 30.5 Å². The van der Waals surface area contributed by atoms with Gasteiger partial charge in [0, 0.05) is 19.2 Å². The second-order valence-corrected chi connectivity index (χ2v) is 7.17. The number of hydrogen-bond donors (Lipinski definition) is 2. The molecule has 1 aliphatic heterocycles. The summed E-state index contributed by atoms with van der Waals surface area (Å²) in [4.78, 5) is 23.8. The Kier molecular flexibility index (Phi) is 5.66. The number of benzene rings is 1. The van der Waals surface area contributed by atoms with Gasteiger partial charge in [-0.1, -0.05) is 12.5 Å². The number of fused-ring (bicyclic) bond motifs is 1. The lowest BCUT2D eigenvalue weighted by atomic mass is 10.1. The third-order valence-corrected chi connectivity index (χ3v) is 5.13. The molecule has 1 fully saturated rings. The first-order valence-corrected chi connectivity index (χ1v) is 9.82. The van der Waals surface area contributed by atoms with E-state index in [-0.39, 0.29) is 5.56 Å². The Bertz CT molecular complexity index is 1040. The predicted molar refractivity (Wildman–Crippen MR) is 110 cm³/mol. The quantitative estimate of drug-likeness (QED) is 0.629. The van der Waals surface area contributed by atoms with Gasteiger partial charge < -0.3 is 14.8 Å². The minimum absolute atomic E-state index is 0.159. The minimum atomic E-state index is -0.159. The molecule has 3 aromatic rings. The molecule has 0 saturated carbocycles. The van der Waals surface area contributed by atoms with Gasteiger partial charge in [0.1, 0.15) is 0 Å². The molecular formula is C20H26N6O3. The van der Waals surface area contributed by atoms with E-state index in [9.17, 15) is 4.79 Å². The Labute approximate surface area is 168 Å². The summed E-state index contributed by atoms with van der Waals surface area (Å²) in [5.74, 6) is 2.20. The molecule has 3 heterocycles. The van der Waals surface area contributed by atoms with Crippen molar-refractivity contribution in [3.63, 3.8) is 0 Å². The summed E-state index contributed by atoms with van der Waals surface area (Å²) in [6, 6.07) is 7.28. The number of anilines is 1. The molecule has 1 saturated heterocycles. The molecule has 2 aromatic heterocycles. The van der Waals surface area contributed by atoms with Crippen molar-refractivity contribution in [2.45, 2.75) is 32.4 Å². The average Bonchev–Trinajstić information content (AvgIpc) is 3.16. The zero-order chi connectivity index (χ0) is 20.2. The lowest BCUT2D eigenvalue weighted by Gasteiger charge is -2.25. The molecule has 9 heteroatoms. The minimum Gasteiger partial charge on any atom is -0.493 e. The summed E-state index contributed by atoms with van der Waals surface area (Å²) in [6.07, 6.45) is 3.68. The highest BCUT2D eigenvalue weighted by Gasteiger charge is 2.14. The van der Waals surface area contributed by atoms with Gasteiger partial charge in [0.15, 0.2) is 11.5 Å². The largest absolute Gasteiger partial charge is 0.493 e. The maximum absolute atomic E-state index is 12.5. The number of aromatic amines is 1. The third kappa shape index (κ3) is 4.34. The number of H-pyrrole nitrogens is 1. The van der Waals surface area contributed by atoms with Crippen LogP contribution in [0.25, 0.3) is 5.78 Å². The number of piperidine rings is 1. The Morgan fingerprint density at radius 2 is 1.86 bits per heavy atom. The van der Waals surface area contributed by atoms with Crippen molar-refractivity contribution in [2.75, 3.05) is 32.6 Å². The van der Waals surface area contributed by atoms with Gasteiger partial charge in [-0.15, -0.1) is 0 Å². The monoisotopic (exact) mass is 398 g/mol. The van der Waals surface area contributed by atoms with E-state index in [1.54, 1.807) is 20.3 Å². The van der Waals surface area contributed by atoms with Crippen LogP contribution >= 0.6 is 0 Å². The number of nitrogens with zero attached hydrogens (tertiary/aromatic N) is 4. The van der Waals surface area contributed by atoms with Crippen molar-refractivity contribution < 1.29 is 9.47 Å². The smallest absolute Gasteiger partial charge is 0.274 e. The van der Waals surface area contributed by atoms with Crippen molar-refractivity contribution in [2.24, 2.45) is 0 Å². The van der Waals surface area contributed by atoms with Gasteiger partial charge in [0.2, 0.25) is 5.95 Å². The Morgan fingerprint density at radius 3 is 2.62 bits per heavy atom. The van der Waals surface area contributed by atoms with Crippen LogP contribution in [0.3, 0.4) is 0 Å². The maximum atomic E-state index is 12.5. The topological polar surface area (TPSA) is 96.8 Å². The molecular weight excluding hydrogens is 372 g/mol. The fraction of sp³-hybridized carbons (Fsp3) is 0.450. The first-order chi connectivity index (χ1) is 14.2. The highest BCUT2D eigenvalue weighted by molar-refractivity contribution is 5.44. The first-order valence-electron chi connectivity index (χ1n) is 9.82. The fourth-order valence-electron chi connectivity index (χ4n) is 3.61. The lowest BCUT2D eigenvalue weighted by molar-refractivity contribution is 0.218. The number of nitrogens with one attached hydrogen (secondary N) is 2. The predicted octanol–water partition coefficient (Wildman–Crippen LogP) is 2.03. The number of hydrogen-bond acceptors (Lipinski definition) is 7. The van der Waals surface area contributed by atoms with Crippen molar-refractivity contribution in [1.29, 1.82) is 0 Å². The molecule has 1 aliphatic rings. The van der Waals surface area contributed by atoms with Crippen LogP contribution in [-0.2, 0) is 13.1 Å². The highest BCUT2D eigenvalue weighted by atomic mass is 16.5. The van der Waals surface area contributed by atoms with Gasteiger partial charge in [-0.05, 0) is 43.6 Å². The Hall–Kier alpha value is -3.07. The second kappa shape index (κ2) is 8.52. The van der Waals surface area contributed by atoms with Crippen LogP contribution in [0.5, 0.6) is 11.5 Å². The van der Waals surface area contributed by atoms with E-state index in [0.29, 0.717) is 36.3 Å². The van der Waals surface area contributed by atoms with Crippen LogP contribution in [0.15, 0.2) is 29.1 Å². The first kappa shape index (κ1) is 19.3. The highest BCUT2D eigenvalue weighted by Crippen LogP contribution is 2.27. The van der Waals surface area contributed by atoms with Crippen molar-refractivity contribution in [3.05, 3.63) is 45.9 Å².